The molecule has 1 aliphatic heterocycles. The van der Waals surface area contributed by atoms with Gasteiger partial charge >= 0.3 is 0 Å². The normalized spacial score (nSPS) is 23.3. The van der Waals surface area contributed by atoms with E-state index in [0.717, 1.165) is 19.4 Å². The van der Waals surface area contributed by atoms with Crippen LogP contribution >= 0.6 is 0 Å². The highest BCUT2D eigenvalue weighted by molar-refractivity contribution is 5.76. The molecule has 5 nitrogen and oxygen atoms in total. The molecule has 6 heteroatoms. The summed E-state index contributed by atoms with van der Waals surface area (Å²) in [4.78, 5) is 18.9. The van der Waals surface area contributed by atoms with E-state index in [4.69, 9.17) is 0 Å². The number of nitrogens with zero attached hydrogens (tertiary/aromatic N) is 4. The van der Waals surface area contributed by atoms with Gasteiger partial charge in [-0.1, -0.05) is 12.8 Å². The van der Waals surface area contributed by atoms with Crippen LogP contribution < -0.4 is 0 Å². The molecule has 0 bridgehead atoms. The van der Waals surface area contributed by atoms with E-state index in [1.807, 2.05) is 6.07 Å². The molecule has 2 unspecified atom stereocenters. The average Bonchev–Trinajstić information content (AvgIpc) is 3.10. The summed E-state index contributed by atoms with van der Waals surface area (Å²) < 4.78 is 14.6. The first-order chi connectivity index (χ1) is 12.2. The van der Waals surface area contributed by atoms with Crippen molar-refractivity contribution in [2.75, 3.05) is 6.54 Å². The second-order valence-electron chi connectivity index (χ2n) is 7.10. The van der Waals surface area contributed by atoms with Crippen LogP contribution in [0, 0.1) is 11.7 Å². The largest absolute Gasteiger partial charge is 0.338 e. The number of carbonyl (C=O) groups is 1. The summed E-state index contributed by atoms with van der Waals surface area (Å²) in [5.74, 6) is 0.465. The van der Waals surface area contributed by atoms with E-state index in [0.29, 0.717) is 23.3 Å². The Morgan fingerprint density at radius 2 is 1.96 bits per heavy atom. The summed E-state index contributed by atoms with van der Waals surface area (Å²) in [6.45, 7) is 1.12. The number of fused-ring (bicyclic) bond motifs is 1. The molecule has 4 rings (SSSR count). The number of hydrogen-bond donors (Lipinski definition) is 0. The second kappa shape index (κ2) is 6.94. The van der Waals surface area contributed by atoms with Gasteiger partial charge in [-0.25, -0.2) is 4.39 Å². The number of piperidine rings is 1. The highest BCUT2D eigenvalue weighted by atomic mass is 19.1. The molecule has 3 heterocycles. The Morgan fingerprint density at radius 3 is 2.80 bits per heavy atom. The summed E-state index contributed by atoms with van der Waals surface area (Å²) in [6.07, 6.45) is 10.3. The first kappa shape index (κ1) is 16.2. The molecular weight excluding hydrogens is 319 g/mol. The van der Waals surface area contributed by atoms with Gasteiger partial charge in [-0.2, -0.15) is 5.10 Å². The fourth-order valence-corrected chi connectivity index (χ4v) is 4.28. The van der Waals surface area contributed by atoms with Gasteiger partial charge in [0.25, 0.3) is 0 Å². The molecule has 1 saturated carbocycles. The van der Waals surface area contributed by atoms with Crippen molar-refractivity contribution < 1.29 is 9.18 Å². The van der Waals surface area contributed by atoms with Gasteiger partial charge < -0.3 is 4.90 Å². The van der Waals surface area contributed by atoms with Crippen LogP contribution in [-0.2, 0) is 11.3 Å². The van der Waals surface area contributed by atoms with Crippen LogP contribution in [-0.4, -0.2) is 38.2 Å². The Labute approximate surface area is 146 Å². The molecular formula is C19H23FN4O. The smallest absolute Gasteiger partial charge is 0.244 e. The van der Waals surface area contributed by atoms with E-state index in [1.54, 1.807) is 16.9 Å². The summed E-state index contributed by atoms with van der Waals surface area (Å²) in [7, 11) is 0. The van der Waals surface area contributed by atoms with Crippen LogP contribution in [0.25, 0.3) is 11.4 Å². The lowest BCUT2D eigenvalue weighted by molar-refractivity contribution is -0.138. The van der Waals surface area contributed by atoms with Gasteiger partial charge in [0.15, 0.2) is 0 Å². The van der Waals surface area contributed by atoms with E-state index >= 15 is 0 Å². The van der Waals surface area contributed by atoms with Crippen LogP contribution in [0.5, 0.6) is 0 Å². The zero-order chi connectivity index (χ0) is 17.2. The van der Waals surface area contributed by atoms with E-state index in [1.165, 1.54) is 37.9 Å². The molecule has 2 aliphatic rings. The molecule has 0 N–H and O–H groups in total. The minimum atomic E-state index is -0.370. The standard InChI is InChI=1S/C19H23FN4O/c20-15-7-8-16(21-12-15)17-9-11-23(22-17)13-19(25)24-10-3-5-14-4-1-2-6-18(14)24/h7-9,11-12,14,18H,1-6,10,13H2. The monoisotopic (exact) mass is 342 g/mol. The van der Waals surface area contributed by atoms with Gasteiger partial charge in [0.05, 0.1) is 11.9 Å². The summed E-state index contributed by atoms with van der Waals surface area (Å²) in [6, 6.07) is 5.20. The number of carbonyl (C=O) groups excluding carboxylic acids is 1. The molecule has 0 aromatic carbocycles. The third-order valence-electron chi connectivity index (χ3n) is 5.49. The fourth-order valence-electron chi connectivity index (χ4n) is 4.28. The minimum Gasteiger partial charge on any atom is -0.338 e. The Balaban J connectivity index is 1.45. The van der Waals surface area contributed by atoms with Crippen LogP contribution in [0.4, 0.5) is 4.39 Å². The van der Waals surface area contributed by atoms with Crippen LogP contribution in [0.2, 0.25) is 0 Å². The van der Waals surface area contributed by atoms with Crippen molar-refractivity contribution in [1.29, 1.82) is 0 Å². The molecule has 2 atom stereocenters. The van der Waals surface area contributed by atoms with Gasteiger partial charge in [-0.15, -0.1) is 0 Å². The predicted octanol–water partition coefficient (Wildman–Crippen LogP) is 3.27. The van der Waals surface area contributed by atoms with Crippen molar-refractivity contribution >= 4 is 5.91 Å². The van der Waals surface area contributed by atoms with Crippen LogP contribution in [0.3, 0.4) is 0 Å². The molecule has 132 valence electrons. The number of pyridine rings is 1. The third kappa shape index (κ3) is 3.43. The zero-order valence-corrected chi connectivity index (χ0v) is 14.3. The second-order valence-corrected chi connectivity index (χ2v) is 7.10. The minimum absolute atomic E-state index is 0.151. The quantitative estimate of drug-likeness (QED) is 0.860. The van der Waals surface area contributed by atoms with Crippen molar-refractivity contribution in [2.24, 2.45) is 5.92 Å². The Hall–Kier alpha value is -2.24. The van der Waals surface area contributed by atoms with E-state index in [-0.39, 0.29) is 18.3 Å². The number of likely N-dealkylation sites (tertiary alicyclic amines) is 1. The van der Waals surface area contributed by atoms with E-state index in [9.17, 15) is 9.18 Å². The fraction of sp³-hybridized carbons (Fsp3) is 0.526. The number of amides is 1. The lowest BCUT2D eigenvalue weighted by Crippen LogP contribution is -2.50. The van der Waals surface area contributed by atoms with Crippen molar-refractivity contribution in [3.63, 3.8) is 0 Å². The van der Waals surface area contributed by atoms with Crippen LogP contribution in [0.15, 0.2) is 30.6 Å². The van der Waals surface area contributed by atoms with Gasteiger partial charge in [0.1, 0.15) is 18.1 Å². The van der Waals surface area contributed by atoms with E-state index in [2.05, 4.69) is 15.0 Å². The molecule has 2 aromatic heterocycles. The van der Waals surface area contributed by atoms with Gasteiger partial charge in [-0.05, 0) is 49.8 Å². The topological polar surface area (TPSA) is 51.0 Å². The molecule has 2 fully saturated rings. The highest BCUT2D eigenvalue weighted by Gasteiger charge is 2.35. The van der Waals surface area contributed by atoms with Gasteiger partial charge in [0.2, 0.25) is 5.91 Å². The summed E-state index contributed by atoms with van der Waals surface area (Å²) >= 11 is 0. The van der Waals surface area contributed by atoms with Crippen LogP contribution in [0.1, 0.15) is 38.5 Å². The Kier molecular flexibility index (Phi) is 4.51. The van der Waals surface area contributed by atoms with Crippen molar-refractivity contribution in [3.05, 3.63) is 36.4 Å². The predicted molar refractivity (Wildman–Crippen MR) is 92.1 cm³/mol. The maximum Gasteiger partial charge on any atom is 0.244 e. The molecule has 1 aliphatic carbocycles. The first-order valence-corrected chi connectivity index (χ1v) is 9.15. The lowest BCUT2D eigenvalue weighted by atomic mass is 9.78. The molecule has 1 saturated heterocycles. The lowest BCUT2D eigenvalue weighted by Gasteiger charge is -2.44. The number of aromatic nitrogens is 3. The first-order valence-electron chi connectivity index (χ1n) is 9.15. The third-order valence-corrected chi connectivity index (χ3v) is 5.49. The molecule has 1 amide bonds. The van der Waals surface area contributed by atoms with Crippen molar-refractivity contribution in [3.8, 4) is 11.4 Å². The highest BCUT2D eigenvalue weighted by Crippen LogP contribution is 2.35. The summed E-state index contributed by atoms with van der Waals surface area (Å²) in [5.41, 5.74) is 1.26. The average molecular weight is 342 g/mol. The van der Waals surface area contributed by atoms with Gasteiger partial charge in [0, 0.05) is 18.8 Å². The maximum atomic E-state index is 13.0. The Bertz CT molecular complexity index is 740. The molecule has 0 radical (unpaired) electrons. The molecule has 2 aromatic rings. The SMILES string of the molecule is O=C(Cn1ccc(-c2ccc(F)cn2)n1)N1CCCC2CCCCC21. The Morgan fingerprint density at radius 1 is 1.12 bits per heavy atom. The van der Waals surface area contributed by atoms with Gasteiger partial charge in [-0.3, -0.25) is 14.5 Å². The number of rotatable bonds is 3. The van der Waals surface area contributed by atoms with E-state index < -0.39 is 0 Å². The summed E-state index contributed by atoms with van der Waals surface area (Å²) in [5, 5.41) is 4.43. The zero-order valence-electron chi connectivity index (χ0n) is 14.3. The number of halogens is 1. The maximum absolute atomic E-state index is 13.0. The number of hydrogen-bond acceptors (Lipinski definition) is 3. The molecule has 0 spiro atoms. The van der Waals surface area contributed by atoms with Crippen molar-refractivity contribution in [1.82, 2.24) is 19.7 Å². The van der Waals surface area contributed by atoms with Crippen molar-refractivity contribution in [2.45, 2.75) is 51.1 Å². The molecule has 25 heavy (non-hydrogen) atoms.